The van der Waals surface area contributed by atoms with Crippen LogP contribution in [0.25, 0.3) is 0 Å². The second-order valence-electron chi connectivity index (χ2n) is 4.78. The molecule has 0 aromatic heterocycles. The van der Waals surface area contributed by atoms with Crippen LogP contribution in [0.4, 0.5) is 4.79 Å². The van der Waals surface area contributed by atoms with E-state index in [1.165, 1.54) is 4.31 Å². The Hall–Kier alpha value is -0.700. The fraction of sp³-hybridized carbons (Fsp3) is 0.900. The number of amides is 1. The summed E-state index contributed by atoms with van der Waals surface area (Å²) < 4.78 is 30.8. The summed E-state index contributed by atoms with van der Waals surface area (Å²) in [4.78, 5) is 11.6. The quantitative estimate of drug-likeness (QED) is 0.732. The third-order valence-electron chi connectivity index (χ3n) is 3.86. The molecular formula is C10H19N2O5S+. The molecule has 2 fully saturated rings. The van der Waals surface area contributed by atoms with Crippen molar-refractivity contribution in [1.29, 1.82) is 0 Å². The Morgan fingerprint density at radius 3 is 2.44 bits per heavy atom. The van der Waals surface area contributed by atoms with E-state index in [0.717, 1.165) is 0 Å². The monoisotopic (exact) mass is 279 g/mol. The highest BCUT2D eigenvalue weighted by Crippen LogP contribution is 2.33. The molecule has 0 saturated carbocycles. The van der Waals surface area contributed by atoms with Crippen LogP contribution in [0.1, 0.15) is 19.8 Å². The third-order valence-corrected chi connectivity index (χ3v) is 6.40. The van der Waals surface area contributed by atoms with Crippen molar-refractivity contribution in [2.24, 2.45) is 0 Å². The van der Waals surface area contributed by atoms with Crippen molar-refractivity contribution in [3.05, 3.63) is 0 Å². The highest BCUT2D eigenvalue weighted by atomic mass is 32.2. The van der Waals surface area contributed by atoms with E-state index in [1.54, 1.807) is 6.92 Å². The summed E-state index contributed by atoms with van der Waals surface area (Å²) in [5, 5.41) is 9.44. The van der Waals surface area contributed by atoms with E-state index < -0.39 is 26.2 Å². The molecule has 7 nitrogen and oxygen atoms in total. The lowest BCUT2D eigenvalue weighted by Gasteiger charge is -2.36. The van der Waals surface area contributed by atoms with Gasteiger partial charge in [-0.15, -0.1) is 3.89 Å². The summed E-state index contributed by atoms with van der Waals surface area (Å²) in [6, 6.07) is -0.407. The molecule has 0 radical (unpaired) electrons. The Balaban J connectivity index is 2.39. The number of carbonyl (C=O) groups is 1. The van der Waals surface area contributed by atoms with E-state index in [-0.39, 0.29) is 19.6 Å². The van der Waals surface area contributed by atoms with Crippen LogP contribution >= 0.6 is 0 Å². The van der Waals surface area contributed by atoms with Crippen LogP contribution in [0.5, 0.6) is 0 Å². The molecule has 2 aliphatic heterocycles. The van der Waals surface area contributed by atoms with Crippen LogP contribution in [0.2, 0.25) is 0 Å². The molecule has 104 valence electrons. The third kappa shape index (κ3) is 1.83. The van der Waals surface area contributed by atoms with Gasteiger partial charge in [0.15, 0.2) is 0 Å². The number of morpholine rings is 1. The number of nitrogens with zero attached hydrogens (tertiary/aromatic N) is 2. The van der Waals surface area contributed by atoms with Crippen molar-refractivity contribution in [2.45, 2.75) is 25.8 Å². The van der Waals surface area contributed by atoms with Crippen molar-refractivity contribution in [3.63, 3.8) is 0 Å². The van der Waals surface area contributed by atoms with E-state index in [2.05, 4.69) is 0 Å². The van der Waals surface area contributed by atoms with E-state index >= 15 is 0 Å². The predicted molar refractivity (Wildman–Crippen MR) is 63.2 cm³/mol. The fourth-order valence-electron chi connectivity index (χ4n) is 2.76. The number of rotatable bonds is 2. The first-order chi connectivity index (χ1) is 8.43. The van der Waals surface area contributed by atoms with Gasteiger partial charge in [0, 0.05) is 25.9 Å². The van der Waals surface area contributed by atoms with Gasteiger partial charge >= 0.3 is 16.3 Å². The normalized spacial score (nSPS) is 34.6. The van der Waals surface area contributed by atoms with Crippen LogP contribution in [0, 0.1) is 0 Å². The number of hydrogen-bond donors (Lipinski definition) is 1. The summed E-state index contributed by atoms with van der Waals surface area (Å²) >= 11 is 0. The molecule has 2 atom stereocenters. The number of likely N-dealkylation sites (tertiary alicyclic amines) is 1. The average molecular weight is 279 g/mol. The molecule has 8 heteroatoms. The van der Waals surface area contributed by atoms with Gasteiger partial charge in [-0.1, -0.05) is 0 Å². The Kier molecular flexibility index (Phi) is 3.63. The molecule has 0 bridgehead atoms. The van der Waals surface area contributed by atoms with Gasteiger partial charge in [0.05, 0.1) is 13.2 Å². The first-order valence-electron chi connectivity index (χ1n) is 6.12. The minimum Gasteiger partial charge on any atom is -0.435 e. The second-order valence-corrected chi connectivity index (χ2v) is 6.85. The molecule has 2 aliphatic rings. The lowest BCUT2D eigenvalue weighted by Crippen LogP contribution is -2.64. The van der Waals surface area contributed by atoms with Gasteiger partial charge in [0.2, 0.25) is 0 Å². The molecule has 1 unspecified atom stereocenters. The molecule has 0 aromatic carbocycles. The molecule has 18 heavy (non-hydrogen) atoms. The number of ether oxygens (including phenoxy) is 1. The lowest BCUT2D eigenvalue weighted by molar-refractivity contribution is -0.744. The lowest BCUT2D eigenvalue weighted by atomic mass is 10.2. The average Bonchev–Trinajstić information content (AvgIpc) is 2.73. The Labute approximate surface area is 107 Å². The molecular weight excluding hydrogens is 260 g/mol. The molecule has 0 spiro atoms. The molecule has 0 aliphatic carbocycles. The van der Waals surface area contributed by atoms with Crippen LogP contribution in [0.3, 0.4) is 0 Å². The Bertz CT molecular complexity index is 432. The first kappa shape index (κ1) is 13.7. The van der Waals surface area contributed by atoms with Crippen LogP contribution in [0.15, 0.2) is 0 Å². The number of quaternary nitrogens is 1. The summed E-state index contributed by atoms with van der Waals surface area (Å²) in [6.07, 6.45) is -0.0288. The van der Waals surface area contributed by atoms with Gasteiger partial charge in [-0.25, -0.2) is 0 Å². The molecule has 2 heterocycles. The molecule has 2 saturated heterocycles. The zero-order valence-electron chi connectivity index (χ0n) is 10.4. The van der Waals surface area contributed by atoms with Crippen molar-refractivity contribution < 1.29 is 26.9 Å². The van der Waals surface area contributed by atoms with Crippen molar-refractivity contribution in [2.75, 3.05) is 32.8 Å². The van der Waals surface area contributed by atoms with Crippen molar-refractivity contribution >= 4 is 16.3 Å². The summed E-state index contributed by atoms with van der Waals surface area (Å²) in [5.41, 5.74) is 0. The Morgan fingerprint density at radius 1 is 1.39 bits per heavy atom. The highest BCUT2D eigenvalue weighted by Gasteiger charge is 2.59. The predicted octanol–water partition coefficient (Wildman–Crippen LogP) is 0.241. The largest absolute Gasteiger partial charge is 0.530 e. The smallest absolute Gasteiger partial charge is 0.435 e. The van der Waals surface area contributed by atoms with Gasteiger partial charge in [-0.05, 0) is 6.92 Å². The van der Waals surface area contributed by atoms with E-state index in [0.29, 0.717) is 26.1 Å². The van der Waals surface area contributed by atoms with Gasteiger partial charge < -0.3 is 9.84 Å². The van der Waals surface area contributed by atoms with Crippen LogP contribution < -0.4 is 0 Å². The SMILES string of the molecule is C[C@@H]1CCC[N+]1(C(=O)O)S(=O)(=O)N1CCOCC1. The molecule has 1 N–H and O–H groups in total. The molecule has 0 aromatic rings. The Morgan fingerprint density at radius 2 is 2.00 bits per heavy atom. The van der Waals surface area contributed by atoms with Gasteiger partial charge in [0.25, 0.3) is 0 Å². The van der Waals surface area contributed by atoms with Gasteiger partial charge in [0.1, 0.15) is 12.6 Å². The minimum atomic E-state index is -3.88. The maximum Gasteiger partial charge on any atom is 0.530 e. The number of carboxylic acid groups (broad SMARTS) is 1. The van der Waals surface area contributed by atoms with E-state index in [4.69, 9.17) is 4.74 Å². The summed E-state index contributed by atoms with van der Waals surface area (Å²) in [5.74, 6) is 0. The van der Waals surface area contributed by atoms with Crippen LogP contribution in [-0.2, 0) is 14.9 Å². The molecule has 2 rings (SSSR count). The second kappa shape index (κ2) is 4.76. The zero-order chi connectivity index (χ0) is 13.4. The van der Waals surface area contributed by atoms with Gasteiger partial charge in [-0.2, -0.15) is 17.5 Å². The van der Waals surface area contributed by atoms with E-state index in [9.17, 15) is 18.3 Å². The van der Waals surface area contributed by atoms with E-state index in [1.807, 2.05) is 0 Å². The van der Waals surface area contributed by atoms with Crippen LogP contribution in [-0.4, -0.2) is 66.7 Å². The maximum atomic E-state index is 12.6. The molecule has 1 amide bonds. The fourth-order valence-corrected chi connectivity index (χ4v) is 4.90. The minimum absolute atomic E-state index is 0.149. The highest BCUT2D eigenvalue weighted by molar-refractivity contribution is 7.83. The van der Waals surface area contributed by atoms with Crippen molar-refractivity contribution in [1.82, 2.24) is 4.31 Å². The summed E-state index contributed by atoms with van der Waals surface area (Å²) in [6.45, 7) is 2.97. The maximum absolute atomic E-state index is 12.6. The zero-order valence-corrected chi connectivity index (χ0v) is 11.2. The van der Waals surface area contributed by atoms with Crippen molar-refractivity contribution in [3.8, 4) is 0 Å². The summed E-state index contributed by atoms with van der Waals surface area (Å²) in [7, 11) is -3.88. The standard InChI is InChI=1S/C10H18N2O5S/c1-9-3-2-6-12(9,10(13)14)18(15,16)11-4-7-17-8-5-11/h9H,2-8H2,1H3/p+1/t9-,12?/m1/s1. The first-order valence-corrected chi connectivity index (χ1v) is 7.52. The topological polar surface area (TPSA) is 83.9 Å². The number of hydrogen-bond acceptors (Lipinski definition) is 4. The van der Waals surface area contributed by atoms with Gasteiger partial charge in [-0.3, -0.25) is 0 Å².